The summed E-state index contributed by atoms with van der Waals surface area (Å²) in [6, 6.07) is 3.15. The van der Waals surface area contributed by atoms with Crippen molar-refractivity contribution in [1.29, 1.82) is 0 Å². The minimum absolute atomic E-state index is 0.00908. The van der Waals surface area contributed by atoms with Gasteiger partial charge in [0, 0.05) is 36.8 Å². The number of halogens is 1. The fourth-order valence-corrected chi connectivity index (χ4v) is 2.90. The zero-order valence-corrected chi connectivity index (χ0v) is 14.2. The number of ether oxygens (including phenoxy) is 1. The normalized spacial score (nSPS) is 16.9. The lowest BCUT2D eigenvalue weighted by molar-refractivity contribution is 0.0204. The summed E-state index contributed by atoms with van der Waals surface area (Å²) < 4.78 is 6.07. The van der Waals surface area contributed by atoms with Gasteiger partial charge in [0.2, 0.25) is 0 Å². The number of carbonyl (C=O) groups excluding carboxylic acids is 1. The van der Waals surface area contributed by atoms with E-state index in [1.807, 2.05) is 20.8 Å². The highest BCUT2D eigenvalue weighted by molar-refractivity contribution is 9.10. The number of aromatic amines is 1. The van der Waals surface area contributed by atoms with E-state index in [1.54, 1.807) is 11.0 Å². The van der Waals surface area contributed by atoms with Gasteiger partial charge in [-0.15, -0.1) is 0 Å². The van der Waals surface area contributed by atoms with E-state index in [0.29, 0.717) is 17.7 Å². The number of piperidine rings is 1. The van der Waals surface area contributed by atoms with Gasteiger partial charge in [-0.3, -0.25) is 4.79 Å². The van der Waals surface area contributed by atoms with Crippen LogP contribution in [0.1, 0.15) is 45.2 Å². The molecule has 1 amide bonds. The molecule has 0 spiro atoms. The number of pyridine rings is 1. The highest BCUT2D eigenvalue weighted by Gasteiger charge is 2.27. The van der Waals surface area contributed by atoms with Gasteiger partial charge in [-0.1, -0.05) is 0 Å². The van der Waals surface area contributed by atoms with Crippen molar-refractivity contribution in [2.75, 3.05) is 13.1 Å². The SMILES string of the molecule is CC(C)(C)OC(=O)N1CCC(c2cc(=O)cc(Br)[nH]2)CC1. The molecule has 0 bridgehead atoms. The fourth-order valence-electron chi connectivity index (χ4n) is 2.45. The first kappa shape index (κ1) is 16.1. The van der Waals surface area contributed by atoms with Gasteiger partial charge in [0.05, 0.1) is 4.60 Å². The third kappa shape index (κ3) is 4.59. The summed E-state index contributed by atoms with van der Waals surface area (Å²) in [6.45, 7) is 6.89. The Bertz CT molecular complexity index is 569. The number of nitrogens with one attached hydrogen (secondary N) is 1. The van der Waals surface area contributed by atoms with Crippen molar-refractivity contribution in [2.24, 2.45) is 0 Å². The third-order valence-electron chi connectivity index (χ3n) is 3.42. The van der Waals surface area contributed by atoms with Gasteiger partial charge in [-0.25, -0.2) is 4.79 Å². The van der Waals surface area contributed by atoms with Crippen LogP contribution < -0.4 is 5.43 Å². The topological polar surface area (TPSA) is 62.4 Å². The van der Waals surface area contributed by atoms with Gasteiger partial charge in [0.1, 0.15) is 5.60 Å². The van der Waals surface area contributed by atoms with Gasteiger partial charge in [0.25, 0.3) is 0 Å². The highest BCUT2D eigenvalue weighted by Crippen LogP contribution is 2.27. The summed E-state index contributed by atoms with van der Waals surface area (Å²) in [5.74, 6) is 0.272. The molecule has 2 rings (SSSR count). The second-order valence-electron chi connectivity index (χ2n) is 6.36. The van der Waals surface area contributed by atoms with Crippen LogP contribution in [0.15, 0.2) is 21.5 Å². The number of H-pyrrole nitrogens is 1. The van der Waals surface area contributed by atoms with Gasteiger partial charge in [-0.2, -0.15) is 0 Å². The van der Waals surface area contributed by atoms with E-state index in [-0.39, 0.29) is 17.4 Å². The zero-order chi connectivity index (χ0) is 15.6. The molecule has 0 atom stereocenters. The predicted octanol–water partition coefficient (Wildman–Crippen LogP) is 3.25. The summed E-state index contributed by atoms with van der Waals surface area (Å²) in [5, 5.41) is 0. The van der Waals surface area contributed by atoms with Gasteiger partial charge < -0.3 is 14.6 Å². The van der Waals surface area contributed by atoms with E-state index in [1.165, 1.54) is 6.07 Å². The molecule has 6 heteroatoms. The molecular formula is C15H21BrN2O3. The molecule has 1 aliphatic rings. The molecule has 21 heavy (non-hydrogen) atoms. The van der Waals surface area contributed by atoms with Crippen LogP contribution in [0.5, 0.6) is 0 Å². The summed E-state index contributed by atoms with van der Waals surface area (Å²) in [6.07, 6.45) is 1.39. The molecule has 0 radical (unpaired) electrons. The minimum Gasteiger partial charge on any atom is -0.444 e. The van der Waals surface area contributed by atoms with Gasteiger partial charge >= 0.3 is 6.09 Å². The van der Waals surface area contributed by atoms with Crippen LogP contribution >= 0.6 is 15.9 Å². The maximum absolute atomic E-state index is 12.0. The predicted molar refractivity (Wildman–Crippen MR) is 84.5 cm³/mol. The number of amides is 1. The lowest BCUT2D eigenvalue weighted by atomic mass is 9.93. The first-order valence-electron chi connectivity index (χ1n) is 7.12. The largest absolute Gasteiger partial charge is 0.444 e. The quantitative estimate of drug-likeness (QED) is 0.785. The first-order chi connectivity index (χ1) is 9.74. The minimum atomic E-state index is -0.469. The van der Waals surface area contributed by atoms with Crippen LogP contribution in [0.4, 0.5) is 4.79 Å². The van der Waals surface area contributed by atoms with Crippen LogP contribution in [0.3, 0.4) is 0 Å². The van der Waals surface area contributed by atoms with Crippen molar-refractivity contribution in [1.82, 2.24) is 9.88 Å². The molecule has 2 heterocycles. The Morgan fingerprint density at radius 2 is 1.95 bits per heavy atom. The number of aromatic nitrogens is 1. The Morgan fingerprint density at radius 3 is 2.48 bits per heavy atom. The Kier molecular flexibility index (Phi) is 4.76. The lowest BCUT2D eigenvalue weighted by Gasteiger charge is -2.33. The molecule has 0 saturated carbocycles. The molecule has 116 valence electrons. The van der Waals surface area contributed by atoms with Crippen LogP contribution in [0.2, 0.25) is 0 Å². The maximum Gasteiger partial charge on any atom is 0.410 e. The van der Waals surface area contributed by atoms with E-state index in [2.05, 4.69) is 20.9 Å². The fraction of sp³-hybridized carbons (Fsp3) is 0.600. The molecule has 1 fully saturated rings. The molecule has 1 saturated heterocycles. The Labute approximate surface area is 132 Å². The smallest absolute Gasteiger partial charge is 0.410 e. The van der Waals surface area contributed by atoms with E-state index in [4.69, 9.17) is 4.74 Å². The van der Waals surface area contributed by atoms with Crippen molar-refractivity contribution in [3.63, 3.8) is 0 Å². The van der Waals surface area contributed by atoms with Crippen molar-refractivity contribution >= 4 is 22.0 Å². The van der Waals surface area contributed by atoms with Crippen molar-refractivity contribution in [3.05, 3.63) is 32.7 Å². The molecule has 0 unspecified atom stereocenters. The number of nitrogens with zero attached hydrogens (tertiary/aromatic N) is 1. The number of carbonyl (C=O) groups is 1. The summed E-state index contributed by atoms with van der Waals surface area (Å²) in [5.41, 5.74) is 0.451. The van der Waals surface area contributed by atoms with Crippen LogP contribution in [-0.2, 0) is 4.74 Å². The van der Waals surface area contributed by atoms with Gasteiger partial charge in [0.15, 0.2) is 5.43 Å². The van der Waals surface area contributed by atoms with E-state index < -0.39 is 5.60 Å². The number of hydrogen-bond donors (Lipinski definition) is 1. The molecular weight excluding hydrogens is 336 g/mol. The van der Waals surface area contributed by atoms with Crippen LogP contribution in [0.25, 0.3) is 0 Å². The van der Waals surface area contributed by atoms with Crippen LogP contribution in [-0.4, -0.2) is 34.7 Å². The molecule has 1 aromatic heterocycles. The van der Waals surface area contributed by atoms with E-state index in [0.717, 1.165) is 18.5 Å². The van der Waals surface area contributed by atoms with Crippen molar-refractivity contribution in [3.8, 4) is 0 Å². The second-order valence-corrected chi connectivity index (χ2v) is 7.22. The average Bonchev–Trinajstić information content (AvgIpc) is 2.35. The number of likely N-dealkylation sites (tertiary alicyclic amines) is 1. The molecule has 0 aliphatic carbocycles. The monoisotopic (exact) mass is 356 g/mol. The van der Waals surface area contributed by atoms with E-state index in [9.17, 15) is 9.59 Å². The molecule has 1 aromatic rings. The van der Waals surface area contributed by atoms with E-state index >= 15 is 0 Å². The van der Waals surface area contributed by atoms with Crippen molar-refractivity contribution < 1.29 is 9.53 Å². The highest BCUT2D eigenvalue weighted by atomic mass is 79.9. The zero-order valence-electron chi connectivity index (χ0n) is 12.6. The lowest BCUT2D eigenvalue weighted by Crippen LogP contribution is -2.41. The average molecular weight is 357 g/mol. The molecule has 5 nitrogen and oxygen atoms in total. The summed E-state index contributed by atoms with van der Waals surface area (Å²) in [7, 11) is 0. The Balaban J connectivity index is 1.97. The second kappa shape index (κ2) is 6.22. The Hall–Kier alpha value is -1.30. The number of hydrogen-bond acceptors (Lipinski definition) is 3. The third-order valence-corrected chi connectivity index (χ3v) is 3.84. The summed E-state index contributed by atoms with van der Waals surface area (Å²) >= 11 is 3.31. The van der Waals surface area contributed by atoms with Crippen molar-refractivity contribution in [2.45, 2.75) is 45.1 Å². The maximum atomic E-state index is 12.0. The molecule has 1 N–H and O–H groups in total. The number of rotatable bonds is 1. The van der Waals surface area contributed by atoms with Crippen LogP contribution in [0, 0.1) is 0 Å². The van der Waals surface area contributed by atoms with Gasteiger partial charge in [-0.05, 0) is 49.5 Å². The summed E-state index contributed by atoms with van der Waals surface area (Å²) in [4.78, 5) is 28.5. The Morgan fingerprint density at radius 1 is 1.33 bits per heavy atom. The molecule has 0 aromatic carbocycles. The standard InChI is InChI=1S/C15H21BrN2O3/c1-15(2,3)21-14(20)18-6-4-10(5-7-18)12-8-11(19)9-13(16)17-12/h8-10H,4-7H2,1-3H3,(H,17,19). The first-order valence-corrected chi connectivity index (χ1v) is 7.91. The molecule has 1 aliphatic heterocycles.